The molecule has 1 unspecified atom stereocenters. The third-order valence-corrected chi connectivity index (χ3v) is 5.69. The van der Waals surface area contributed by atoms with E-state index in [2.05, 4.69) is 31.1 Å². The average Bonchev–Trinajstić information content (AvgIpc) is 3.54. The van der Waals surface area contributed by atoms with E-state index in [1.165, 1.54) is 0 Å². The molecule has 0 saturated heterocycles. The normalized spacial score (nSPS) is 11.4. The number of carbonyl (C=O) groups excluding carboxylic acids is 2. The van der Waals surface area contributed by atoms with E-state index in [4.69, 9.17) is 11.1 Å². The van der Waals surface area contributed by atoms with Crippen LogP contribution in [0.15, 0.2) is 67.0 Å². The van der Waals surface area contributed by atoms with Crippen LogP contribution in [0.25, 0.3) is 10.9 Å². The van der Waals surface area contributed by atoms with Crippen LogP contribution in [0, 0.1) is 5.41 Å². The molecule has 2 heterocycles. The van der Waals surface area contributed by atoms with Gasteiger partial charge in [0.25, 0.3) is 0 Å². The molecule has 188 valence electrons. The highest BCUT2D eigenvalue weighted by Gasteiger charge is 2.22. The summed E-state index contributed by atoms with van der Waals surface area (Å²) in [6.07, 6.45) is 4.20. The molecule has 1 atom stereocenters. The minimum atomic E-state index is -0.719. The Morgan fingerprint density at radius 3 is 2.56 bits per heavy atom. The molecule has 4 rings (SSSR count). The van der Waals surface area contributed by atoms with Crippen molar-refractivity contribution in [1.29, 1.82) is 5.41 Å². The number of aromatic nitrogens is 3. The molecule has 36 heavy (non-hydrogen) atoms. The molecule has 0 aliphatic heterocycles. The van der Waals surface area contributed by atoms with Crippen molar-refractivity contribution in [3.05, 3.63) is 89.4 Å². The number of rotatable bonds is 11. The van der Waals surface area contributed by atoms with E-state index in [9.17, 15) is 9.59 Å². The number of benzene rings is 2. The van der Waals surface area contributed by atoms with Crippen molar-refractivity contribution in [2.24, 2.45) is 5.73 Å². The topological polar surface area (TPSA) is 165 Å². The lowest BCUT2D eigenvalue weighted by atomic mass is 10.1. The number of nitrogens with two attached hydrogens (primary N) is 1. The number of nitrogens with one attached hydrogen (secondary N) is 6. The molecule has 4 aromatic rings. The highest BCUT2D eigenvalue weighted by atomic mass is 35.5. The Bertz CT molecular complexity index is 1300. The zero-order valence-electron chi connectivity index (χ0n) is 19.5. The summed E-state index contributed by atoms with van der Waals surface area (Å²) in [6.45, 7) is 0.730. The fraction of sp³-hybridized carbons (Fsp3) is 0.200. The van der Waals surface area contributed by atoms with Crippen LogP contribution in [0.1, 0.15) is 28.4 Å². The monoisotopic (exact) mass is 508 g/mol. The predicted octanol–water partition coefficient (Wildman–Crippen LogP) is 1.90. The summed E-state index contributed by atoms with van der Waals surface area (Å²) >= 11 is 0. The first-order valence-electron chi connectivity index (χ1n) is 11.3. The third-order valence-electron chi connectivity index (χ3n) is 5.69. The van der Waals surface area contributed by atoms with Crippen LogP contribution in [0.5, 0.6) is 0 Å². The van der Waals surface area contributed by atoms with Gasteiger partial charge in [0.15, 0.2) is 0 Å². The Hall–Kier alpha value is -4.15. The summed E-state index contributed by atoms with van der Waals surface area (Å²) in [5.74, 6) is -0.610. The fourth-order valence-electron chi connectivity index (χ4n) is 3.80. The smallest absolute Gasteiger partial charge is 0.243 e. The zero-order valence-corrected chi connectivity index (χ0v) is 20.3. The number of aromatic amines is 2. The van der Waals surface area contributed by atoms with Gasteiger partial charge in [0.1, 0.15) is 11.9 Å². The minimum Gasteiger partial charge on any atom is -0.384 e. The van der Waals surface area contributed by atoms with Gasteiger partial charge in [0, 0.05) is 41.9 Å². The van der Waals surface area contributed by atoms with Crippen LogP contribution in [-0.2, 0) is 22.6 Å². The number of fused-ring (bicyclic) bond motifs is 1. The summed E-state index contributed by atoms with van der Waals surface area (Å²) in [4.78, 5) is 28.4. The number of nitrogen functional groups attached to an aromatic ring is 1. The molecular weight excluding hydrogens is 480 g/mol. The molecule has 8 N–H and O–H groups in total. The van der Waals surface area contributed by atoms with Gasteiger partial charge in [-0.15, -0.1) is 12.4 Å². The first kappa shape index (κ1) is 26.5. The minimum absolute atomic E-state index is 0. The summed E-state index contributed by atoms with van der Waals surface area (Å²) in [6, 6.07) is 16.2. The van der Waals surface area contributed by atoms with Crippen molar-refractivity contribution in [3.8, 4) is 0 Å². The molecule has 0 saturated carbocycles. The van der Waals surface area contributed by atoms with Gasteiger partial charge in [-0.25, -0.2) is 0 Å². The zero-order chi connectivity index (χ0) is 24.6. The van der Waals surface area contributed by atoms with Crippen LogP contribution in [0.4, 0.5) is 0 Å². The largest absolute Gasteiger partial charge is 0.384 e. The van der Waals surface area contributed by atoms with Crippen LogP contribution >= 0.6 is 12.4 Å². The number of amidine groups is 1. The molecule has 2 aromatic heterocycles. The van der Waals surface area contributed by atoms with Gasteiger partial charge in [0.2, 0.25) is 11.8 Å². The summed E-state index contributed by atoms with van der Waals surface area (Å²) in [5, 5.41) is 24.1. The van der Waals surface area contributed by atoms with Gasteiger partial charge in [0.05, 0.1) is 12.2 Å². The Labute approximate surface area is 214 Å². The molecule has 10 nitrogen and oxygen atoms in total. The Balaban J connectivity index is 0.00000361. The molecule has 0 aliphatic rings. The van der Waals surface area contributed by atoms with Crippen LogP contribution < -0.4 is 21.7 Å². The molecule has 0 fully saturated rings. The first-order chi connectivity index (χ1) is 17.0. The van der Waals surface area contributed by atoms with E-state index < -0.39 is 6.04 Å². The lowest BCUT2D eigenvalue weighted by molar-refractivity contribution is -0.127. The van der Waals surface area contributed by atoms with Crippen molar-refractivity contribution in [2.75, 3.05) is 13.1 Å². The number of nitrogens with zero attached hydrogens (tertiary/aromatic N) is 1. The van der Waals surface area contributed by atoms with Crippen molar-refractivity contribution in [3.63, 3.8) is 0 Å². The van der Waals surface area contributed by atoms with Crippen LogP contribution in [0.3, 0.4) is 0 Å². The second kappa shape index (κ2) is 12.5. The number of H-pyrrole nitrogens is 2. The number of carbonyl (C=O) groups is 2. The Morgan fingerprint density at radius 1 is 1.06 bits per heavy atom. The van der Waals surface area contributed by atoms with Crippen molar-refractivity contribution in [1.82, 2.24) is 31.1 Å². The quantitative estimate of drug-likeness (QED) is 0.121. The number of para-hydroxylation sites is 1. The second-order valence-corrected chi connectivity index (χ2v) is 8.11. The van der Waals surface area contributed by atoms with Gasteiger partial charge in [-0.3, -0.25) is 25.4 Å². The van der Waals surface area contributed by atoms with E-state index in [1.54, 1.807) is 24.4 Å². The van der Waals surface area contributed by atoms with Crippen molar-refractivity contribution < 1.29 is 9.59 Å². The molecule has 0 spiro atoms. The van der Waals surface area contributed by atoms with Crippen molar-refractivity contribution in [2.45, 2.75) is 19.0 Å². The molecule has 2 amide bonds. The summed E-state index contributed by atoms with van der Waals surface area (Å²) in [7, 11) is 0. The molecular formula is C25H29ClN8O2. The maximum absolute atomic E-state index is 12.9. The molecule has 2 aromatic carbocycles. The Morgan fingerprint density at radius 2 is 1.83 bits per heavy atom. The van der Waals surface area contributed by atoms with Crippen LogP contribution in [-0.4, -0.2) is 45.9 Å². The average molecular weight is 509 g/mol. The van der Waals surface area contributed by atoms with E-state index in [-0.39, 0.29) is 36.6 Å². The van der Waals surface area contributed by atoms with Gasteiger partial charge in [-0.05, 0) is 29.7 Å². The molecule has 11 heteroatoms. The third kappa shape index (κ3) is 6.71. The van der Waals surface area contributed by atoms with Gasteiger partial charge in [-0.1, -0.05) is 42.5 Å². The van der Waals surface area contributed by atoms with Crippen molar-refractivity contribution >= 4 is 41.0 Å². The van der Waals surface area contributed by atoms with Gasteiger partial charge >= 0.3 is 0 Å². The van der Waals surface area contributed by atoms with E-state index in [1.807, 2.05) is 42.6 Å². The maximum atomic E-state index is 12.9. The predicted molar refractivity (Wildman–Crippen MR) is 141 cm³/mol. The summed E-state index contributed by atoms with van der Waals surface area (Å²) < 4.78 is 0. The molecule has 0 aliphatic carbocycles. The Kier molecular flexibility index (Phi) is 9.20. The number of halogens is 1. The molecule has 0 bridgehead atoms. The molecule has 0 radical (unpaired) electrons. The van der Waals surface area contributed by atoms with Crippen LogP contribution in [0.2, 0.25) is 0 Å². The maximum Gasteiger partial charge on any atom is 0.243 e. The number of hydrogen-bond acceptors (Lipinski definition) is 5. The van der Waals surface area contributed by atoms with E-state index in [0.29, 0.717) is 30.8 Å². The first-order valence-corrected chi connectivity index (χ1v) is 11.3. The van der Waals surface area contributed by atoms with E-state index in [0.717, 1.165) is 22.0 Å². The van der Waals surface area contributed by atoms with Gasteiger partial charge < -0.3 is 21.4 Å². The number of amides is 2. The SMILES string of the molecule is Cl.N=C(N)c1ccc(CNC(C(=O)NCC(=O)NCCc2c[nH]c3ccccc23)c2ccn[nH]2)cc1. The summed E-state index contributed by atoms with van der Waals surface area (Å²) in [5.41, 5.74) is 9.82. The highest BCUT2D eigenvalue weighted by molar-refractivity contribution is 5.94. The van der Waals surface area contributed by atoms with E-state index >= 15 is 0 Å². The highest BCUT2D eigenvalue weighted by Crippen LogP contribution is 2.17. The van der Waals surface area contributed by atoms with Gasteiger partial charge in [-0.2, -0.15) is 5.10 Å². The lowest BCUT2D eigenvalue weighted by Gasteiger charge is -2.17. The standard InChI is InChI=1S/C25H28N8O2.ClH/c26-24(27)17-7-5-16(6-8-17)13-30-23(21-10-12-32-33-21)25(35)31-15-22(34)28-11-9-18-14-29-20-4-2-1-3-19(18)20;/h1-8,10,12,14,23,29-30H,9,11,13,15H2,(H3,26,27)(H,28,34)(H,31,35)(H,32,33);1H. The lowest BCUT2D eigenvalue weighted by Crippen LogP contribution is -2.43. The second-order valence-electron chi connectivity index (χ2n) is 8.11. The fourth-order valence-corrected chi connectivity index (χ4v) is 3.80. The number of hydrogen-bond donors (Lipinski definition) is 7.